The fraction of sp³-hybridized carbons (Fsp3) is 0.583. The quantitative estimate of drug-likeness (QED) is 0.513. The topological polar surface area (TPSA) is 97.3 Å². The first-order chi connectivity index (χ1) is 14.9. The summed E-state index contributed by atoms with van der Waals surface area (Å²) < 4.78 is 17.3. The smallest absolute Gasteiger partial charge is 0.253 e. The summed E-state index contributed by atoms with van der Waals surface area (Å²) in [6.45, 7) is 9.77. The summed E-state index contributed by atoms with van der Waals surface area (Å²) in [5.41, 5.74) is -0.937. The van der Waals surface area contributed by atoms with E-state index in [4.69, 9.17) is 14.2 Å². The van der Waals surface area contributed by atoms with Gasteiger partial charge in [-0.3, -0.25) is 9.59 Å². The SMILES string of the molecule is CO[C@@H](C(=O)N[C@@H]1CN(c2ccccc2)C1=O)[C@]1(/C=C/C(C)(C)C)OC(C)(C)OC[C@H]1O. The van der Waals surface area contributed by atoms with Gasteiger partial charge < -0.3 is 29.5 Å². The first kappa shape index (κ1) is 24.4. The highest BCUT2D eigenvalue weighted by Gasteiger charge is 2.55. The molecule has 0 bridgehead atoms. The van der Waals surface area contributed by atoms with E-state index >= 15 is 0 Å². The molecular weight excluding hydrogens is 412 g/mol. The second kappa shape index (κ2) is 8.94. The van der Waals surface area contributed by atoms with Crippen molar-refractivity contribution < 1.29 is 28.9 Å². The standard InChI is InChI=1S/C24H34N2O6/c1-22(2,3)12-13-24(18(27)15-31-23(4,5)32-24)19(30-6)20(28)25-17-14-26(21(17)29)16-10-8-7-9-11-16/h7-13,17-19,27H,14-15H2,1-6H3,(H,25,28)/b13-12+/t17-,18-,19+,24-/m1/s1. The van der Waals surface area contributed by atoms with Gasteiger partial charge in [0.25, 0.3) is 11.8 Å². The Morgan fingerprint density at radius 2 is 1.97 bits per heavy atom. The number of amides is 2. The summed E-state index contributed by atoms with van der Waals surface area (Å²) >= 11 is 0. The lowest BCUT2D eigenvalue weighted by molar-refractivity contribution is -0.344. The number of anilines is 1. The Hall–Kier alpha value is -2.26. The molecule has 0 radical (unpaired) electrons. The van der Waals surface area contributed by atoms with Crippen LogP contribution in [0.2, 0.25) is 0 Å². The zero-order valence-electron chi connectivity index (χ0n) is 19.6. The largest absolute Gasteiger partial charge is 0.387 e. The average Bonchev–Trinajstić information content (AvgIpc) is 2.72. The molecule has 1 aromatic rings. The first-order valence-corrected chi connectivity index (χ1v) is 10.8. The second-order valence-electron chi connectivity index (χ2n) is 9.84. The number of carbonyl (C=O) groups excluding carboxylic acids is 2. The van der Waals surface area contributed by atoms with Crippen LogP contribution in [0.25, 0.3) is 0 Å². The third-order valence-corrected chi connectivity index (χ3v) is 5.57. The molecule has 2 saturated heterocycles. The van der Waals surface area contributed by atoms with Gasteiger partial charge in [-0.1, -0.05) is 51.1 Å². The highest BCUT2D eigenvalue weighted by atomic mass is 16.7. The number of rotatable bonds is 6. The van der Waals surface area contributed by atoms with Gasteiger partial charge in [0.1, 0.15) is 12.1 Å². The summed E-state index contributed by atoms with van der Waals surface area (Å²) in [6, 6.07) is 8.59. The van der Waals surface area contributed by atoms with E-state index in [1.807, 2.05) is 57.2 Å². The van der Waals surface area contributed by atoms with Crippen LogP contribution in [0.3, 0.4) is 0 Å². The number of allylic oxidation sites excluding steroid dienone is 1. The van der Waals surface area contributed by atoms with Crippen molar-refractivity contribution >= 4 is 17.5 Å². The molecule has 0 aromatic heterocycles. The maximum Gasteiger partial charge on any atom is 0.253 e. The lowest BCUT2D eigenvalue weighted by atomic mass is 9.83. The number of ether oxygens (including phenoxy) is 3. The number of aliphatic hydroxyl groups is 1. The van der Waals surface area contributed by atoms with Crippen molar-refractivity contribution in [2.45, 2.75) is 64.3 Å². The van der Waals surface area contributed by atoms with Crippen LogP contribution in [0.15, 0.2) is 42.5 Å². The number of β-lactam (4-membered cyclic amide) rings is 1. The van der Waals surface area contributed by atoms with Gasteiger partial charge in [0.2, 0.25) is 0 Å². The minimum atomic E-state index is -1.49. The van der Waals surface area contributed by atoms with Crippen molar-refractivity contribution in [1.29, 1.82) is 0 Å². The van der Waals surface area contributed by atoms with Gasteiger partial charge in [0, 0.05) is 12.8 Å². The van der Waals surface area contributed by atoms with Crippen LogP contribution in [-0.4, -0.2) is 66.8 Å². The Morgan fingerprint density at radius 3 is 2.53 bits per heavy atom. The number of nitrogens with zero attached hydrogens (tertiary/aromatic N) is 1. The first-order valence-electron chi connectivity index (χ1n) is 10.8. The molecule has 8 nitrogen and oxygen atoms in total. The van der Waals surface area contributed by atoms with Gasteiger partial charge >= 0.3 is 0 Å². The molecule has 4 atom stereocenters. The zero-order chi connectivity index (χ0) is 23.7. The van der Waals surface area contributed by atoms with E-state index in [-0.39, 0.29) is 17.9 Å². The fourth-order valence-corrected chi connectivity index (χ4v) is 3.89. The normalized spacial score (nSPS) is 29.0. The number of nitrogens with one attached hydrogen (secondary N) is 1. The molecule has 1 aromatic carbocycles. The van der Waals surface area contributed by atoms with Gasteiger partial charge in [0.15, 0.2) is 17.5 Å². The van der Waals surface area contributed by atoms with Crippen LogP contribution in [0.5, 0.6) is 0 Å². The van der Waals surface area contributed by atoms with Gasteiger partial charge in [-0.25, -0.2) is 0 Å². The van der Waals surface area contributed by atoms with Gasteiger partial charge in [-0.05, 0) is 31.4 Å². The van der Waals surface area contributed by atoms with E-state index in [2.05, 4.69) is 5.32 Å². The molecule has 2 aliphatic rings. The predicted molar refractivity (Wildman–Crippen MR) is 120 cm³/mol. The van der Waals surface area contributed by atoms with E-state index in [9.17, 15) is 14.7 Å². The van der Waals surface area contributed by atoms with E-state index < -0.39 is 35.5 Å². The number of benzene rings is 1. The Kier molecular flexibility index (Phi) is 6.81. The van der Waals surface area contributed by atoms with Crippen molar-refractivity contribution in [1.82, 2.24) is 5.32 Å². The molecule has 2 fully saturated rings. The van der Waals surface area contributed by atoms with Gasteiger partial charge in [-0.15, -0.1) is 0 Å². The van der Waals surface area contributed by atoms with Gasteiger partial charge in [-0.2, -0.15) is 0 Å². The average molecular weight is 447 g/mol. The van der Waals surface area contributed by atoms with Crippen molar-refractivity contribution in [3.63, 3.8) is 0 Å². The third kappa shape index (κ3) is 5.04. The van der Waals surface area contributed by atoms with Crippen molar-refractivity contribution in [2.75, 3.05) is 25.2 Å². The molecule has 3 rings (SSSR count). The highest BCUT2D eigenvalue weighted by molar-refractivity contribution is 6.06. The Morgan fingerprint density at radius 1 is 1.31 bits per heavy atom. The van der Waals surface area contributed by atoms with Gasteiger partial charge in [0.05, 0.1) is 13.2 Å². The Bertz CT molecular complexity index is 863. The highest BCUT2D eigenvalue weighted by Crippen LogP contribution is 2.37. The third-order valence-electron chi connectivity index (χ3n) is 5.57. The molecule has 0 unspecified atom stereocenters. The number of para-hydroxylation sites is 1. The summed E-state index contributed by atoms with van der Waals surface area (Å²) in [7, 11) is 1.38. The molecule has 32 heavy (non-hydrogen) atoms. The van der Waals surface area contributed by atoms with Crippen LogP contribution >= 0.6 is 0 Å². The minimum Gasteiger partial charge on any atom is -0.387 e. The van der Waals surface area contributed by atoms with E-state index in [1.54, 1.807) is 24.8 Å². The molecule has 8 heteroatoms. The summed E-state index contributed by atoms with van der Waals surface area (Å²) in [4.78, 5) is 27.5. The Balaban J connectivity index is 1.82. The molecule has 2 heterocycles. The van der Waals surface area contributed by atoms with E-state index in [0.29, 0.717) is 6.54 Å². The molecule has 0 spiro atoms. The lowest BCUT2D eigenvalue weighted by Gasteiger charge is -2.49. The van der Waals surface area contributed by atoms with E-state index in [1.165, 1.54) is 7.11 Å². The van der Waals surface area contributed by atoms with Crippen LogP contribution in [0.1, 0.15) is 34.6 Å². The number of carbonyl (C=O) groups is 2. The molecule has 0 saturated carbocycles. The zero-order valence-corrected chi connectivity index (χ0v) is 19.6. The maximum absolute atomic E-state index is 13.3. The molecule has 176 valence electrons. The van der Waals surface area contributed by atoms with Crippen molar-refractivity contribution in [3.05, 3.63) is 42.5 Å². The number of aliphatic hydroxyl groups excluding tert-OH is 1. The fourth-order valence-electron chi connectivity index (χ4n) is 3.89. The number of hydrogen-bond acceptors (Lipinski definition) is 6. The monoisotopic (exact) mass is 446 g/mol. The van der Waals surface area contributed by atoms with Crippen LogP contribution in [0.4, 0.5) is 5.69 Å². The van der Waals surface area contributed by atoms with Crippen LogP contribution < -0.4 is 10.2 Å². The maximum atomic E-state index is 13.3. The lowest BCUT2D eigenvalue weighted by Crippen LogP contribution is -2.70. The van der Waals surface area contributed by atoms with Crippen molar-refractivity contribution in [2.24, 2.45) is 5.41 Å². The summed E-state index contributed by atoms with van der Waals surface area (Å²) in [5.74, 6) is -1.78. The minimum absolute atomic E-state index is 0.0290. The molecular formula is C24H34N2O6. The summed E-state index contributed by atoms with van der Waals surface area (Å²) in [6.07, 6.45) is 1.22. The molecule has 2 amide bonds. The van der Waals surface area contributed by atoms with Crippen molar-refractivity contribution in [3.8, 4) is 0 Å². The van der Waals surface area contributed by atoms with Crippen LogP contribution in [0, 0.1) is 5.41 Å². The molecule has 0 aliphatic carbocycles. The molecule has 2 N–H and O–H groups in total. The predicted octanol–water partition coefficient (Wildman–Crippen LogP) is 2.02. The van der Waals surface area contributed by atoms with Crippen LogP contribution in [-0.2, 0) is 23.8 Å². The Labute approximate surface area is 189 Å². The summed E-state index contributed by atoms with van der Waals surface area (Å²) in [5, 5.41) is 13.7. The number of hydrogen-bond donors (Lipinski definition) is 2. The van der Waals surface area contributed by atoms with E-state index in [0.717, 1.165) is 5.69 Å². The second-order valence-corrected chi connectivity index (χ2v) is 9.84. The number of methoxy groups -OCH3 is 1. The molecule has 2 aliphatic heterocycles.